The fourth-order valence-corrected chi connectivity index (χ4v) is 2.89. The number of nitrogens with zero attached hydrogens (tertiary/aromatic N) is 4. The minimum absolute atomic E-state index is 0.0179. The molecule has 1 amide bonds. The summed E-state index contributed by atoms with van der Waals surface area (Å²) in [6.07, 6.45) is 0.115. The Balaban J connectivity index is 1.65. The molecule has 0 saturated carbocycles. The second-order valence-electron chi connectivity index (χ2n) is 5.19. The fourth-order valence-electron chi connectivity index (χ4n) is 2.06. The zero-order valence-corrected chi connectivity index (χ0v) is 15.0. The molecule has 0 atom stereocenters. The Morgan fingerprint density at radius 1 is 1.26 bits per heavy atom. The van der Waals surface area contributed by atoms with Gasteiger partial charge in [-0.25, -0.2) is 14.6 Å². The fraction of sp³-hybridized carbons (Fsp3) is 0.125. The average Bonchev–Trinajstić information content (AvgIpc) is 3.16. The Morgan fingerprint density at radius 3 is 2.78 bits per heavy atom. The first-order chi connectivity index (χ1) is 12.8. The van der Waals surface area contributed by atoms with E-state index < -0.39 is 17.6 Å². The van der Waals surface area contributed by atoms with Crippen molar-refractivity contribution >= 4 is 35.0 Å². The number of rotatable bonds is 5. The number of benzene rings is 1. The number of halogens is 4. The van der Waals surface area contributed by atoms with Crippen molar-refractivity contribution in [1.29, 1.82) is 0 Å². The second-order valence-corrected chi connectivity index (χ2v) is 6.60. The van der Waals surface area contributed by atoms with E-state index in [9.17, 15) is 18.0 Å². The summed E-state index contributed by atoms with van der Waals surface area (Å²) in [7, 11) is 0. The molecule has 0 aliphatic carbocycles. The van der Waals surface area contributed by atoms with Crippen molar-refractivity contribution in [1.82, 2.24) is 19.7 Å². The molecule has 0 unspecified atom stereocenters. The van der Waals surface area contributed by atoms with E-state index in [0.29, 0.717) is 10.8 Å². The molecule has 2 heterocycles. The van der Waals surface area contributed by atoms with Crippen LogP contribution in [0.25, 0.3) is 5.82 Å². The van der Waals surface area contributed by atoms with Crippen LogP contribution in [0.5, 0.6) is 0 Å². The van der Waals surface area contributed by atoms with Crippen LogP contribution in [-0.2, 0) is 11.0 Å². The van der Waals surface area contributed by atoms with Gasteiger partial charge in [-0.15, -0.1) is 0 Å². The van der Waals surface area contributed by atoms with E-state index in [1.54, 1.807) is 24.5 Å². The van der Waals surface area contributed by atoms with Crippen LogP contribution in [0.4, 0.5) is 18.9 Å². The maximum atomic E-state index is 12.8. The predicted molar refractivity (Wildman–Crippen MR) is 95.0 cm³/mol. The lowest BCUT2D eigenvalue weighted by Crippen LogP contribution is -2.15. The van der Waals surface area contributed by atoms with Crippen molar-refractivity contribution in [3.63, 3.8) is 0 Å². The summed E-state index contributed by atoms with van der Waals surface area (Å²) < 4.78 is 39.9. The second kappa shape index (κ2) is 7.97. The third-order valence-electron chi connectivity index (χ3n) is 3.29. The summed E-state index contributed by atoms with van der Waals surface area (Å²) in [5.41, 5.74) is -0.994. The van der Waals surface area contributed by atoms with Gasteiger partial charge in [0.2, 0.25) is 5.91 Å². The first kappa shape index (κ1) is 19.2. The van der Waals surface area contributed by atoms with Gasteiger partial charge in [0.25, 0.3) is 0 Å². The van der Waals surface area contributed by atoms with Gasteiger partial charge in [0.1, 0.15) is 11.4 Å². The molecule has 0 fully saturated rings. The smallest absolute Gasteiger partial charge is 0.324 e. The number of hydrogen-bond donors (Lipinski definition) is 1. The van der Waals surface area contributed by atoms with Crippen molar-refractivity contribution in [2.45, 2.75) is 11.2 Å². The van der Waals surface area contributed by atoms with Gasteiger partial charge in [-0.1, -0.05) is 23.4 Å². The average molecular weight is 414 g/mol. The lowest BCUT2D eigenvalue weighted by atomic mass is 10.2. The van der Waals surface area contributed by atoms with E-state index in [1.807, 2.05) is 0 Å². The van der Waals surface area contributed by atoms with Crippen LogP contribution < -0.4 is 5.32 Å². The lowest BCUT2D eigenvalue weighted by molar-refractivity contribution is -0.137. The Kier molecular flexibility index (Phi) is 5.66. The molecule has 0 aliphatic rings. The Labute approximate surface area is 160 Å². The molecule has 1 aromatic carbocycles. The minimum Gasteiger partial charge on any atom is -0.324 e. The molecule has 27 heavy (non-hydrogen) atoms. The number of hydrogen-bond acceptors (Lipinski definition) is 5. The van der Waals surface area contributed by atoms with E-state index in [-0.39, 0.29) is 16.5 Å². The molecular formula is C16H11ClF3N5OS. The summed E-state index contributed by atoms with van der Waals surface area (Å²) in [6, 6.07) is 6.12. The summed E-state index contributed by atoms with van der Waals surface area (Å²) in [4.78, 5) is 20.2. The van der Waals surface area contributed by atoms with Crippen LogP contribution in [0.1, 0.15) is 5.56 Å². The molecule has 140 valence electrons. The minimum atomic E-state index is -4.53. The summed E-state index contributed by atoms with van der Waals surface area (Å²) in [5, 5.41) is 6.96. The van der Waals surface area contributed by atoms with Crippen LogP contribution in [0.3, 0.4) is 0 Å². The van der Waals surface area contributed by atoms with E-state index in [1.165, 1.54) is 11.0 Å². The monoisotopic (exact) mass is 413 g/mol. The first-order valence-corrected chi connectivity index (χ1v) is 8.81. The topological polar surface area (TPSA) is 72.7 Å². The van der Waals surface area contributed by atoms with Gasteiger partial charge in [-0.2, -0.15) is 18.3 Å². The highest BCUT2D eigenvalue weighted by Crippen LogP contribution is 2.33. The summed E-state index contributed by atoms with van der Waals surface area (Å²) in [6.45, 7) is 0. The van der Waals surface area contributed by atoms with Crippen LogP contribution in [0, 0.1) is 0 Å². The van der Waals surface area contributed by atoms with Crippen LogP contribution in [-0.4, -0.2) is 31.4 Å². The zero-order valence-electron chi connectivity index (χ0n) is 13.4. The predicted octanol–water partition coefficient (Wildman–Crippen LogP) is 4.07. The number of anilines is 1. The highest BCUT2D eigenvalue weighted by Gasteiger charge is 2.31. The Bertz CT molecular complexity index is 949. The van der Waals surface area contributed by atoms with Crippen molar-refractivity contribution in [2.75, 3.05) is 11.1 Å². The normalized spacial score (nSPS) is 11.4. The lowest BCUT2D eigenvalue weighted by Gasteiger charge is -2.11. The number of aromatic nitrogens is 4. The molecule has 3 aromatic rings. The maximum Gasteiger partial charge on any atom is 0.416 e. The molecule has 0 radical (unpaired) electrons. The van der Waals surface area contributed by atoms with E-state index in [4.69, 9.17) is 11.6 Å². The van der Waals surface area contributed by atoms with Crippen molar-refractivity contribution in [3.8, 4) is 5.82 Å². The SMILES string of the molecule is O=C(CSc1cc(-n2cccn2)ncn1)Nc1cc(C(F)(F)F)ccc1Cl. The molecule has 0 spiro atoms. The largest absolute Gasteiger partial charge is 0.416 e. The van der Waals surface area contributed by atoms with E-state index in [2.05, 4.69) is 20.4 Å². The molecule has 1 N–H and O–H groups in total. The Hall–Kier alpha value is -2.59. The summed E-state index contributed by atoms with van der Waals surface area (Å²) >= 11 is 6.97. The van der Waals surface area contributed by atoms with Crippen molar-refractivity contribution < 1.29 is 18.0 Å². The molecule has 3 rings (SSSR count). The zero-order chi connectivity index (χ0) is 19.4. The van der Waals surface area contributed by atoms with Gasteiger partial charge in [-0.3, -0.25) is 4.79 Å². The van der Waals surface area contributed by atoms with Crippen LogP contribution in [0.2, 0.25) is 5.02 Å². The highest BCUT2D eigenvalue weighted by molar-refractivity contribution is 7.99. The van der Waals surface area contributed by atoms with E-state index in [0.717, 1.165) is 30.0 Å². The Morgan fingerprint density at radius 2 is 2.07 bits per heavy atom. The number of thioether (sulfide) groups is 1. The third kappa shape index (κ3) is 4.98. The number of carbonyl (C=O) groups excluding carboxylic acids is 1. The highest BCUT2D eigenvalue weighted by atomic mass is 35.5. The number of amides is 1. The van der Waals surface area contributed by atoms with Gasteiger partial charge in [0, 0.05) is 18.5 Å². The number of nitrogens with one attached hydrogen (secondary N) is 1. The van der Waals surface area contributed by atoms with Crippen LogP contribution in [0.15, 0.2) is 54.1 Å². The molecule has 0 saturated heterocycles. The maximum absolute atomic E-state index is 12.8. The van der Waals surface area contributed by atoms with Gasteiger partial charge < -0.3 is 5.32 Å². The van der Waals surface area contributed by atoms with Crippen molar-refractivity contribution in [2.24, 2.45) is 0 Å². The van der Waals surface area contributed by atoms with Crippen LogP contribution >= 0.6 is 23.4 Å². The van der Waals surface area contributed by atoms with Crippen molar-refractivity contribution in [3.05, 3.63) is 59.6 Å². The molecule has 0 aliphatic heterocycles. The van der Waals surface area contributed by atoms with E-state index >= 15 is 0 Å². The third-order valence-corrected chi connectivity index (χ3v) is 4.54. The van der Waals surface area contributed by atoms with Gasteiger partial charge in [-0.05, 0) is 24.3 Å². The molecule has 2 aromatic heterocycles. The molecular weight excluding hydrogens is 403 g/mol. The number of alkyl halides is 3. The standard InChI is InChI=1S/C16H11ClF3N5OS/c17-11-3-2-10(16(18,19)20)6-12(11)24-14(26)8-27-15-7-13(21-9-22-15)25-5-1-4-23-25/h1-7,9H,8H2,(H,24,26). The number of carbonyl (C=O) groups is 1. The van der Waals surface area contributed by atoms with Gasteiger partial charge in [0.15, 0.2) is 5.82 Å². The summed E-state index contributed by atoms with van der Waals surface area (Å²) in [5.74, 6) is -0.0541. The van der Waals surface area contributed by atoms with Gasteiger partial charge in [0.05, 0.1) is 22.0 Å². The van der Waals surface area contributed by atoms with Gasteiger partial charge >= 0.3 is 6.18 Å². The molecule has 0 bridgehead atoms. The quantitative estimate of drug-likeness (QED) is 0.504. The molecule has 6 nitrogen and oxygen atoms in total. The molecule has 11 heteroatoms. The first-order valence-electron chi connectivity index (χ1n) is 7.44.